The van der Waals surface area contributed by atoms with E-state index < -0.39 is 11.9 Å². The number of nitrogens with zero attached hydrogens (tertiary/aromatic N) is 1. The zero-order valence-electron chi connectivity index (χ0n) is 11.5. The second kappa shape index (κ2) is 6.39. The molecule has 0 aliphatic carbocycles. The van der Waals surface area contributed by atoms with E-state index in [9.17, 15) is 14.4 Å². The van der Waals surface area contributed by atoms with Gasteiger partial charge in [0.15, 0.2) is 5.78 Å². The quantitative estimate of drug-likeness (QED) is 0.740. The summed E-state index contributed by atoms with van der Waals surface area (Å²) in [4.78, 5) is 35.0. The van der Waals surface area contributed by atoms with Gasteiger partial charge in [-0.25, -0.2) is 0 Å². The highest BCUT2D eigenvalue weighted by Crippen LogP contribution is 2.29. The number of carboxylic acid groups (broad SMARTS) is 2. The van der Waals surface area contributed by atoms with E-state index in [1.54, 1.807) is 12.1 Å². The fraction of sp³-hybridized carbons (Fsp3) is 0.400. The molecule has 6 nitrogen and oxygen atoms in total. The van der Waals surface area contributed by atoms with Gasteiger partial charge in [0.1, 0.15) is 0 Å². The van der Waals surface area contributed by atoms with Gasteiger partial charge in [0.25, 0.3) is 0 Å². The highest BCUT2D eigenvalue weighted by Gasteiger charge is 2.21. The predicted molar refractivity (Wildman–Crippen MR) is 75.8 cm³/mol. The number of carbonyl (C=O) groups excluding carboxylic acids is 1. The molecule has 1 aliphatic heterocycles. The Morgan fingerprint density at radius 2 is 1.76 bits per heavy atom. The highest BCUT2D eigenvalue weighted by atomic mass is 16.4. The van der Waals surface area contributed by atoms with Gasteiger partial charge in [0, 0.05) is 30.8 Å². The fourth-order valence-corrected chi connectivity index (χ4v) is 2.47. The van der Waals surface area contributed by atoms with Crippen molar-refractivity contribution in [3.05, 3.63) is 29.3 Å². The summed E-state index contributed by atoms with van der Waals surface area (Å²) < 4.78 is 0. The molecular formula is C15H17NO5. The van der Waals surface area contributed by atoms with Crippen molar-refractivity contribution in [3.63, 3.8) is 0 Å². The average molecular weight is 291 g/mol. The summed E-state index contributed by atoms with van der Waals surface area (Å²) in [6.07, 6.45) is 0.686. The summed E-state index contributed by atoms with van der Waals surface area (Å²) >= 11 is 0. The van der Waals surface area contributed by atoms with Crippen LogP contribution in [0.25, 0.3) is 0 Å². The Morgan fingerprint density at radius 3 is 2.43 bits per heavy atom. The number of aliphatic carboxylic acids is 2. The third-order valence-electron chi connectivity index (χ3n) is 3.55. The minimum absolute atomic E-state index is 0.00313. The maximum Gasteiger partial charge on any atom is 0.305 e. The van der Waals surface area contributed by atoms with Crippen molar-refractivity contribution in [3.8, 4) is 0 Å². The second-order valence-corrected chi connectivity index (χ2v) is 5.04. The van der Waals surface area contributed by atoms with E-state index in [4.69, 9.17) is 10.2 Å². The number of carbonyl (C=O) groups is 3. The number of ketones is 1. The molecule has 0 unspecified atom stereocenters. The van der Waals surface area contributed by atoms with E-state index in [0.717, 1.165) is 24.2 Å². The number of carboxylic acids is 2. The molecule has 1 aromatic rings. The van der Waals surface area contributed by atoms with Gasteiger partial charge < -0.3 is 15.1 Å². The first-order valence-corrected chi connectivity index (χ1v) is 6.82. The number of rotatable bonds is 7. The molecule has 0 fully saturated rings. The van der Waals surface area contributed by atoms with E-state index in [-0.39, 0.29) is 25.0 Å². The molecular weight excluding hydrogens is 274 g/mol. The normalized spacial score (nSPS) is 13.0. The van der Waals surface area contributed by atoms with E-state index in [2.05, 4.69) is 0 Å². The molecule has 0 bridgehead atoms. The maximum absolute atomic E-state index is 11.9. The molecule has 0 amide bonds. The Kier molecular flexibility index (Phi) is 4.57. The molecule has 1 heterocycles. The summed E-state index contributed by atoms with van der Waals surface area (Å²) in [5.41, 5.74) is 2.50. The molecule has 112 valence electrons. The Balaban J connectivity index is 2.05. The van der Waals surface area contributed by atoms with Gasteiger partial charge >= 0.3 is 11.9 Å². The van der Waals surface area contributed by atoms with Gasteiger partial charge in [-0.1, -0.05) is 0 Å². The lowest BCUT2D eigenvalue weighted by Gasteiger charge is -2.18. The largest absolute Gasteiger partial charge is 0.481 e. The molecule has 0 radical (unpaired) electrons. The first-order valence-electron chi connectivity index (χ1n) is 6.82. The second-order valence-electron chi connectivity index (χ2n) is 5.04. The first-order chi connectivity index (χ1) is 9.97. The van der Waals surface area contributed by atoms with Crippen LogP contribution in [-0.4, -0.2) is 41.0 Å². The average Bonchev–Trinajstić information content (AvgIpc) is 2.84. The van der Waals surface area contributed by atoms with Gasteiger partial charge in [-0.2, -0.15) is 0 Å². The van der Waals surface area contributed by atoms with Crippen molar-refractivity contribution in [2.24, 2.45) is 0 Å². The van der Waals surface area contributed by atoms with Crippen molar-refractivity contribution in [1.29, 1.82) is 0 Å². The van der Waals surface area contributed by atoms with Gasteiger partial charge in [0.05, 0.1) is 12.8 Å². The number of anilines is 1. The van der Waals surface area contributed by atoms with Crippen molar-refractivity contribution in [2.45, 2.75) is 25.7 Å². The molecule has 2 N–H and O–H groups in total. The zero-order valence-corrected chi connectivity index (χ0v) is 11.5. The van der Waals surface area contributed by atoms with Crippen molar-refractivity contribution >= 4 is 23.4 Å². The van der Waals surface area contributed by atoms with Gasteiger partial charge in [0.2, 0.25) is 0 Å². The first kappa shape index (κ1) is 15.0. The predicted octanol–water partition coefficient (Wildman–Crippen LogP) is 1.57. The summed E-state index contributed by atoms with van der Waals surface area (Å²) in [6.45, 7) is 1.20. The molecule has 0 spiro atoms. The summed E-state index contributed by atoms with van der Waals surface area (Å²) in [7, 11) is 0. The van der Waals surface area contributed by atoms with Crippen LogP contribution in [0.3, 0.4) is 0 Å². The number of benzene rings is 1. The van der Waals surface area contributed by atoms with Gasteiger partial charge in [-0.3, -0.25) is 14.4 Å². The Morgan fingerprint density at radius 1 is 1.05 bits per heavy atom. The molecule has 0 aromatic heterocycles. The smallest absolute Gasteiger partial charge is 0.305 e. The minimum Gasteiger partial charge on any atom is -0.481 e. The molecule has 2 rings (SSSR count). The highest BCUT2D eigenvalue weighted by molar-refractivity contribution is 5.98. The third-order valence-corrected chi connectivity index (χ3v) is 3.55. The maximum atomic E-state index is 11.9. The Labute approximate surface area is 122 Å². The van der Waals surface area contributed by atoms with Crippen molar-refractivity contribution < 1.29 is 24.6 Å². The van der Waals surface area contributed by atoms with Crippen LogP contribution in [0.1, 0.15) is 35.2 Å². The van der Waals surface area contributed by atoms with Crippen LogP contribution in [0, 0.1) is 0 Å². The van der Waals surface area contributed by atoms with Gasteiger partial charge in [-0.05, 0) is 30.2 Å². The minimum atomic E-state index is -0.982. The summed E-state index contributed by atoms with van der Waals surface area (Å²) in [6, 6.07) is 5.29. The lowest BCUT2D eigenvalue weighted by atomic mass is 10.0. The number of fused-ring (bicyclic) bond motifs is 1. The monoisotopic (exact) mass is 291 g/mol. The van der Waals surface area contributed by atoms with E-state index in [1.165, 1.54) is 0 Å². The van der Waals surface area contributed by atoms with Crippen molar-refractivity contribution in [1.82, 2.24) is 0 Å². The van der Waals surface area contributed by atoms with Crippen molar-refractivity contribution in [2.75, 3.05) is 18.0 Å². The number of hydrogen-bond acceptors (Lipinski definition) is 4. The molecule has 0 atom stereocenters. The fourth-order valence-electron chi connectivity index (χ4n) is 2.47. The molecule has 0 saturated heterocycles. The number of hydrogen-bond donors (Lipinski definition) is 2. The molecule has 6 heteroatoms. The molecule has 1 aromatic carbocycles. The van der Waals surface area contributed by atoms with Crippen LogP contribution >= 0.6 is 0 Å². The molecule has 21 heavy (non-hydrogen) atoms. The topological polar surface area (TPSA) is 94.9 Å². The SMILES string of the molecule is O=C(O)CCC(=O)c1ccc2c(c1)CCN2CCC(=O)O. The van der Waals surface area contributed by atoms with E-state index >= 15 is 0 Å². The lowest BCUT2D eigenvalue weighted by Crippen LogP contribution is -2.23. The molecule has 1 aliphatic rings. The standard InChI is InChI=1S/C15H17NO5/c17-13(3-4-14(18)19)11-1-2-12-10(9-11)5-7-16(12)8-6-15(20)21/h1-2,9H,3-8H2,(H,18,19)(H,20,21). The van der Waals surface area contributed by atoms with Crippen LogP contribution < -0.4 is 4.90 Å². The summed E-state index contributed by atoms with van der Waals surface area (Å²) in [5, 5.41) is 17.3. The van der Waals surface area contributed by atoms with Crippen LogP contribution in [0.4, 0.5) is 5.69 Å². The van der Waals surface area contributed by atoms with Gasteiger partial charge in [-0.15, -0.1) is 0 Å². The van der Waals surface area contributed by atoms with E-state index in [1.807, 2.05) is 11.0 Å². The van der Waals surface area contributed by atoms with Crippen LogP contribution in [0.15, 0.2) is 18.2 Å². The molecule has 0 saturated carbocycles. The lowest BCUT2D eigenvalue weighted by molar-refractivity contribution is -0.137. The summed E-state index contributed by atoms with van der Waals surface area (Å²) in [5.74, 6) is -1.99. The van der Waals surface area contributed by atoms with Crippen LogP contribution in [0.2, 0.25) is 0 Å². The zero-order chi connectivity index (χ0) is 15.4. The third kappa shape index (κ3) is 3.81. The number of Topliss-reactive ketones (excluding diaryl/α,β-unsaturated/α-hetero) is 1. The Bertz CT molecular complexity index is 581. The van der Waals surface area contributed by atoms with Crippen LogP contribution in [-0.2, 0) is 16.0 Å². The van der Waals surface area contributed by atoms with E-state index in [0.29, 0.717) is 12.1 Å². The Hall–Kier alpha value is -2.37. The van der Waals surface area contributed by atoms with Crippen LogP contribution in [0.5, 0.6) is 0 Å².